The van der Waals surface area contributed by atoms with Gasteiger partial charge in [-0.2, -0.15) is 0 Å². The minimum Gasteiger partial charge on any atom is -0.273 e. The predicted octanol–water partition coefficient (Wildman–Crippen LogP) is 2.69. The van der Waals surface area contributed by atoms with Gasteiger partial charge in [0.25, 0.3) is 0 Å². The van der Waals surface area contributed by atoms with E-state index in [2.05, 4.69) is 20.8 Å². The van der Waals surface area contributed by atoms with Crippen LogP contribution in [0.3, 0.4) is 0 Å². The number of aryl methyl sites for hydroxylation is 1. The Morgan fingerprint density at radius 1 is 1.18 bits per heavy atom. The van der Waals surface area contributed by atoms with Gasteiger partial charge in [0, 0.05) is 7.05 Å². The molecule has 1 aromatic rings. The van der Waals surface area contributed by atoms with E-state index in [0.29, 0.717) is 0 Å². The average Bonchev–Trinajstić information content (AvgIpc) is 2.13. The normalized spacial score (nSPS) is 12.6. The molecule has 1 rings (SSSR count). The standard InChI is InChI=1S/C13H21NO2S/c1-10-7-8-11(13(2,3)4)12(9-10)14(5)17(6,15)16/h7-9H,1-6H3. The van der Waals surface area contributed by atoms with Crippen LogP contribution in [0, 0.1) is 6.92 Å². The predicted molar refractivity (Wildman–Crippen MR) is 73.1 cm³/mol. The van der Waals surface area contributed by atoms with Crippen molar-refractivity contribution >= 4 is 15.7 Å². The fourth-order valence-corrected chi connectivity index (χ4v) is 2.22. The lowest BCUT2D eigenvalue weighted by Gasteiger charge is -2.28. The Kier molecular flexibility index (Phi) is 3.58. The zero-order chi connectivity index (χ0) is 13.4. The number of benzene rings is 1. The van der Waals surface area contributed by atoms with Crippen LogP contribution in [0.2, 0.25) is 0 Å². The minimum atomic E-state index is -3.22. The number of hydrogen-bond acceptors (Lipinski definition) is 2. The van der Waals surface area contributed by atoms with Gasteiger partial charge in [-0.3, -0.25) is 4.31 Å². The third kappa shape index (κ3) is 3.22. The van der Waals surface area contributed by atoms with E-state index in [1.54, 1.807) is 7.05 Å². The van der Waals surface area contributed by atoms with Gasteiger partial charge < -0.3 is 0 Å². The summed E-state index contributed by atoms with van der Waals surface area (Å²) < 4.78 is 24.6. The molecule has 17 heavy (non-hydrogen) atoms. The van der Waals surface area contributed by atoms with Crippen LogP contribution in [0.5, 0.6) is 0 Å². The molecule has 96 valence electrons. The Balaban J connectivity index is 3.46. The zero-order valence-corrected chi connectivity index (χ0v) is 12.2. The first-order valence-corrected chi connectivity index (χ1v) is 7.43. The third-order valence-corrected chi connectivity index (χ3v) is 3.99. The quantitative estimate of drug-likeness (QED) is 0.815. The smallest absolute Gasteiger partial charge is 0.232 e. The molecule has 0 saturated carbocycles. The number of rotatable bonds is 2. The molecule has 3 nitrogen and oxygen atoms in total. The first-order chi connectivity index (χ1) is 7.53. The molecule has 0 aliphatic carbocycles. The summed E-state index contributed by atoms with van der Waals surface area (Å²) in [6.07, 6.45) is 1.22. The number of sulfonamides is 1. The Morgan fingerprint density at radius 2 is 1.71 bits per heavy atom. The molecule has 0 atom stereocenters. The van der Waals surface area contributed by atoms with Crippen LogP contribution in [0.25, 0.3) is 0 Å². The van der Waals surface area contributed by atoms with Crippen molar-refractivity contribution < 1.29 is 8.42 Å². The second-order valence-electron chi connectivity index (χ2n) is 5.50. The minimum absolute atomic E-state index is 0.0814. The van der Waals surface area contributed by atoms with Crippen molar-refractivity contribution in [2.45, 2.75) is 33.1 Å². The van der Waals surface area contributed by atoms with E-state index in [1.807, 2.05) is 25.1 Å². The molecule has 0 radical (unpaired) electrons. The fraction of sp³-hybridized carbons (Fsp3) is 0.538. The van der Waals surface area contributed by atoms with Crippen LogP contribution < -0.4 is 4.31 Å². The van der Waals surface area contributed by atoms with Crippen LogP contribution in [-0.4, -0.2) is 21.7 Å². The highest BCUT2D eigenvalue weighted by molar-refractivity contribution is 7.92. The second kappa shape index (κ2) is 4.33. The molecule has 0 unspecified atom stereocenters. The third-order valence-electron chi connectivity index (χ3n) is 2.80. The van der Waals surface area contributed by atoms with Crippen molar-refractivity contribution in [1.82, 2.24) is 0 Å². The summed E-state index contributed by atoms with van der Waals surface area (Å²) in [5, 5.41) is 0. The highest BCUT2D eigenvalue weighted by atomic mass is 32.2. The van der Waals surface area contributed by atoms with Gasteiger partial charge in [-0.15, -0.1) is 0 Å². The maximum atomic E-state index is 11.6. The van der Waals surface area contributed by atoms with Crippen molar-refractivity contribution in [3.8, 4) is 0 Å². The first-order valence-electron chi connectivity index (χ1n) is 5.58. The lowest BCUT2D eigenvalue weighted by Crippen LogP contribution is -2.28. The van der Waals surface area contributed by atoms with E-state index in [4.69, 9.17) is 0 Å². The van der Waals surface area contributed by atoms with Crippen LogP contribution >= 0.6 is 0 Å². The Morgan fingerprint density at radius 3 is 2.12 bits per heavy atom. The van der Waals surface area contributed by atoms with Gasteiger partial charge in [-0.25, -0.2) is 8.42 Å². The summed E-state index contributed by atoms with van der Waals surface area (Å²) >= 11 is 0. The topological polar surface area (TPSA) is 37.4 Å². The van der Waals surface area contributed by atoms with E-state index in [1.165, 1.54) is 10.6 Å². The molecule has 0 heterocycles. The van der Waals surface area contributed by atoms with E-state index >= 15 is 0 Å². The Hall–Kier alpha value is -1.03. The van der Waals surface area contributed by atoms with Gasteiger partial charge in [0.05, 0.1) is 11.9 Å². The van der Waals surface area contributed by atoms with Gasteiger partial charge in [-0.05, 0) is 29.5 Å². The maximum Gasteiger partial charge on any atom is 0.232 e. The van der Waals surface area contributed by atoms with E-state index in [-0.39, 0.29) is 5.41 Å². The summed E-state index contributed by atoms with van der Waals surface area (Å²) in [7, 11) is -1.63. The molecular formula is C13H21NO2S. The first kappa shape index (κ1) is 14.0. The second-order valence-corrected chi connectivity index (χ2v) is 7.51. The average molecular weight is 255 g/mol. The number of hydrogen-bond donors (Lipinski definition) is 0. The van der Waals surface area contributed by atoms with Crippen molar-refractivity contribution in [3.63, 3.8) is 0 Å². The van der Waals surface area contributed by atoms with Crippen LogP contribution in [-0.2, 0) is 15.4 Å². The van der Waals surface area contributed by atoms with Crippen LogP contribution in [0.1, 0.15) is 31.9 Å². The van der Waals surface area contributed by atoms with Gasteiger partial charge in [0.15, 0.2) is 0 Å². The molecular weight excluding hydrogens is 234 g/mol. The van der Waals surface area contributed by atoms with Crippen LogP contribution in [0.15, 0.2) is 18.2 Å². The molecule has 0 fully saturated rings. The zero-order valence-electron chi connectivity index (χ0n) is 11.4. The molecule has 0 amide bonds. The van der Waals surface area contributed by atoms with Crippen molar-refractivity contribution in [3.05, 3.63) is 29.3 Å². The molecule has 0 saturated heterocycles. The van der Waals surface area contributed by atoms with Crippen molar-refractivity contribution in [2.75, 3.05) is 17.6 Å². The van der Waals surface area contributed by atoms with E-state index in [9.17, 15) is 8.42 Å². The molecule has 0 aliphatic rings. The number of nitrogens with zero attached hydrogens (tertiary/aromatic N) is 1. The summed E-state index contributed by atoms with van der Waals surface area (Å²) in [6, 6.07) is 5.94. The summed E-state index contributed by atoms with van der Waals surface area (Å²) in [6.45, 7) is 8.21. The Bertz CT molecular complexity index is 513. The van der Waals surface area contributed by atoms with Crippen molar-refractivity contribution in [1.29, 1.82) is 0 Å². The highest BCUT2D eigenvalue weighted by Crippen LogP contribution is 2.33. The highest BCUT2D eigenvalue weighted by Gasteiger charge is 2.23. The van der Waals surface area contributed by atoms with Gasteiger partial charge in [0.2, 0.25) is 10.0 Å². The SMILES string of the molecule is Cc1ccc(C(C)(C)C)c(N(C)S(C)(=O)=O)c1. The van der Waals surface area contributed by atoms with E-state index < -0.39 is 10.0 Å². The monoisotopic (exact) mass is 255 g/mol. The van der Waals surface area contributed by atoms with Gasteiger partial charge in [-0.1, -0.05) is 32.9 Å². The molecule has 0 N–H and O–H groups in total. The molecule has 0 aromatic heterocycles. The number of anilines is 1. The van der Waals surface area contributed by atoms with E-state index in [0.717, 1.165) is 16.8 Å². The maximum absolute atomic E-state index is 11.6. The molecule has 0 spiro atoms. The lowest BCUT2D eigenvalue weighted by molar-refractivity contribution is 0.586. The largest absolute Gasteiger partial charge is 0.273 e. The van der Waals surface area contributed by atoms with Gasteiger partial charge >= 0.3 is 0 Å². The molecule has 0 aliphatic heterocycles. The van der Waals surface area contributed by atoms with Crippen LogP contribution in [0.4, 0.5) is 5.69 Å². The van der Waals surface area contributed by atoms with Crippen molar-refractivity contribution in [2.24, 2.45) is 0 Å². The molecule has 1 aromatic carbocycles. The molecule has 0 bridgehead atoms. The summed E-state index contributed by atoms with van der Waals surface area (Å²) in [4.78, 5) is 0. The lowest BCUT2D eigenvalue weighted by atomic mass is 9.85. The Labute approximate surface area is 105 Å². The summed E-state index contributed by atoms with van der Waals surface area (Å²) in [5.41, 5.74) is 2.78. The summed E-state index contributed by atoms with van der Waals surface area (Å²) in [5.74, 6) is 0. The molecule has 4 heteroatoms. The van der Waals surface area contributed by atoms with Gasteiger partial charge in [0.1, 0.15) is 0 Å². The fourth-order valence-electron chi connectivity index (χ4n) is 1.72.